The summed E-state index contributed by atoms with van der Waals surface area (Å²) in [6.07, 6.45) is 1.33. The van der Waals surface area contributed by atoms with Gasteiger partial charge >= 0.3 is 0 Å². The summed E-state index contributed by atoms with van der Waals surface area (Å²) in [7, 11) is 0. The van der Waals surface area contributed by atoms with E-state index < -0.39 is 0 Å². The predicted octanol–water partition coefficient (Wildman–Crippen LogP) is 2.21. The highest BCUT2D eigenvalue weighted by Gasteiger charge is 2.23. The Balaban J connectivity index is 2.10. The van der Waals surface area contributed by atoms with Crippen LogP contribution in [0.5, 0.6) is 0 Å². The molecule has 2 heterocycles. The summed E-state index contributed by atoms with van der Waals surface area (Å²) in [6, 6.07) is 0. The standard InChI is InChI=1S/C10H17N3S/c1-7-3-8(2)5-13(4-7)10-12-9(11)6-14-10/h6-8H,3-5,11H2,1-2H3. The van der Waals surface area contributed by atoms with Gasteiger partial charge in [0.25, 0.3) is 0 Å². The van der Waals surface area contributed by atoms with E-state index in [2.05, 4.69) is 23.7 Å². The molecule has 4 heteroatoms. The average molecular weight is 211 g/mol. The zero-order valence-corrected chi connectivity index (χ0v) is 9.55. The summed E-state index contributed by atoms with van der Waals surface area (Å²) in [5.41, 5.74) is 5.63. The van der Waals surface area contributed by atoms with Crippen LogP contribution in [0, 0.1) is 11.8 Å². The van der Waals surface area contributed by atoms with Crippen LogP contribution in [0.3, 0.4) is 0 Å². The van der Waals surface area contributed by atoms with Gasteiger partial charge in [-0.1, -0.05) is 13.8 Å². The van der Waals surface area contributed by atoms with Gasteiger partial charge in [-0.15, -0.1) is 11.3 Å². The van der Waals surface area contributed by atoms with E-state index in [1.165, 1.54) is 6.42 Å². The van der Waals surface area contributed by atoms with Crippen molar-refractivity contribution in [2.24, 2.45) is 11.8 Å². The zero-order valence-electron chi connectivity index (χ0n) is 8.73. The van der Waals surface area contributed by atoms with Crippen LogP contribution in [0.4, 0.5) is 10.9 Å². The van der Waals surface area contributed by atoms with Crippen molar-refractivity contribution < 1.29 is 0 Å². The van der Waals surface area contributed by atoms with Crippen molar-refractivity contribution in [1.29, 1.82) is 0 Å². The van der Waals surface area contributed by atoms with Gasteiger partial charge in [0.1, 0.15) is 5.82 Å². The Kier molecular flexibility index (Phi) is 2.63. The van der Waals surface area contributed by atoms with E-state index in [0.717, 1.165) is 30.1 Å². The van der Waals surface area contributed by atoms with Crippen molar-refractivity contribution in [2.45, 2.75) is 20.3 Å². The smallest absolute Gasteiger partial charge is 0.187 e. The lowest BCUT2D eigenvalue weighted by molar-refractivity contribution is 0.356. The van der Waals surface area contributed by atoms with E-state index in [1.54, 1.807) is 11.3 Å². The molecular formula is C10H17N3S. The molecule has 0 saturated carbocycles. The first-order valence-electron chi connectivity index (χ1n) is 5.11. The average Bonchev–Trinajstić information content (AvgIpc) is 2.50. The Bertz CT molecular complexity index is 300. The first kappa shape index (κ1) is 9.77. The molecule has 0 bridgehead atoms. The lowest BCUT2D eigenvalue weighted by atomic mass is 9.92. The van der Waals surface area contributed by atoms with E-state index in [0.29, 0.717) is 5.82 Å². The Morgan fingerprint density at radius 1 is 1.43 bits per heavy atom. The van der Waals surface area contributed by atoms with Crippen molar-refractivity contribution in [3.8, 4) is 0 Å². The molecule has 3 nitrogen and oxygen atoms in total. The molecule has 2 N–H and O–H groups in total. The van der Waals surface area contributed by atoms with Gasteiger partial charge in [0.15, 0.2) is 5.13 Å². The van der Waals surface area contributed by atoms with Crippen LogP contribution >= 0.6 is 11.3 Å². The number of piperidine rings is 1. The van der Waals surface area contributed by atoms with E-state index in [1.807, 2.05) is 5.38 Å². The Morgan fingerprint density at radius 3 is 2.57 bits per heavy atom. The summed E-state index contributed by atoms with van der Waals surface area (Å²) in [6.45, 7) is 6.85. The number of rotatable bonds is 1. The van der Waals surface area contributed by atoms with Gasteiger partial charge < -0.3 is 10.6 Å². The van der Waals surface area contributed by atoms with Gasteiger partial charge in [0.05, 0.1) is 0 Å². The van der Waals surface area contributed by atoms with Crippen LogP contribution in [0.1, 0.15) is 20.3 Å². The predicted molar refractivity (Wildman–Crippen MR) is 61.7 cm³/mol. The molecule has 1 aliphatic rings. The minimum atomic E-state index is 0.649. The molecule has 2 rings (SSSR count). The second-order valence-electron chi connectivity index (χ2n) is 4.41. The monoisotopic (exact) mass is 211 g/mol. The minimum Gasteiger partial charge on any atom is -0.383 e. The van der Waals surface area contributed by atoms with E-state index in [4.69, 9.17) is 5.73 Å². The molecule has 1 saturated heterocycles. The number of aromatic nitrogens is 1. The molecule has 1 aliphatic heterocycles. The summed E-state index contributed by atoms with van der Waals surface area (Å²) in [4.78, 5) is 6.69. The molecule has 0 amide bonds. The topological polar surface area (TPSA) is 42.2 Å². The molecule has 0 spiro atoms. The van der Waals surface area contributed by atoms with Crippen LogP contribution < -0.4 is 10.6 Å². The first-order valence-corrected chi connectivity index (χ1v) is 5.99. The third-order valence-corrected chi connectivity index (χ3v) is 3.57. The fourth-order valence-electron chi connectivity index (χ4n) is 2.24. The van der Waals surface area contributed by atoms with Crippen molar-refractivity contribution >= 4 is 22.3 Å². The number of nitrogens with zero attached hydrogens (tertiary/aromatic N) is 2. The maximum Gasteiger partial charge on any atom is 0.187 e. The van der Waals surface area contributed by atoms with Gasteiger partial charge in [-0.3, -0.25) is 0 Å². The van der Waals surface area contributed by atoms with E-state index in [9.17, 15) is 0 Å². The SMILES string of the molecule is CC1CC(C)CN(c2nc(N)cs2)C1. The van der Waals surface area contributed by atoms with Gasteiger partial charge in [0, 0.05) is 18.5 Å². The Labute approximate surface area is 88.9 Å². The quantitative estimate of drug-likeness (QED) is 0.774. The van der Waals surface area contributed by atoms with Crippen LogP contribution in [-0.2, 0) is 0 Å². The third kappa shape index (κ3) is 2.00. The molecular weight excluding hydrogens is 194 g/mol. The van der Waals surface area contributed by atoms with Gasteiger partial charge in [-0.2, -0.15) is 0 Å². The maximum absolute atomic E-state index is 5.63. The normalized spacial score (nSPS) is 28.0. The van der Waals surface area contributed by atoms with Crippen molar-refractivity contribution in [3.63, 3.8) is 0 Å². The second-order valence-corrected chi connectivity index (χ2v) is 5.24. The second kappa shape index (κ2) is 3.77. The molecule has 0 aliphatic carbocycles. The number of thiazole rings is 1. The number of hydrogen-bond donors (Lipinski definition) is 1. The van der Waals surface area contributed by atoms with Gasteiger partial charge in [-0.05, 0) is 18.3 Å². The van der Waals surface area contributed by atoms with E-state index in [-0.39, 0.29) is 0 Å². The third-order valence-electron chi connectivity index (χ3n) is 2.65. The zero-order chi connectivity index (χ0) is 10.1. The fourth-order valence-corrected chi connectivity index (χ4v) is 2.98. The summed E-state index contributed by atoms with van der Waals surface area (Å²) < 4.78 is 0. The summed E-state index contributed by atoms with van der Waals surface area (Å²) in [5, 5.41) is 3.00. The molecule has 1 aromatic heterocycles. The number of hydrogen-bond acceptors (Lipinski definition) is 4. The van der Waals surface area contributed by atoms with Crippen molar-refractivity contribution in [1.82, 2.24) is 4.98 Å². The summed E-state index contributed by atoms with van der Waals surface area (Å²) >= 11 is 1.65. The highest BCUT2D eigenvalue weighted by molar-refractivity contribution is 7.14. The fraction of sp³-hybridized carbons (Fsp3) is 0.700. The van der Waals surface area contributed by atoms with Gasteiger partial charge in [0.2, 0.25) is 0 Å². The number of anilines is 2. The highest BCUT2D eigenvalue weighted by atomic mass is 32.1. The molecule has 2 unspecified atom stereocenters. The Hall–Kier alpha value is -0.770. The molecule has 78 valence electrons. The molecule has 14 heavy (non-hydrogen) atoms. The van der Waals surface area contributed by atoms with Crippen molar-refractivity contribution in [2.75, 3.05) is 23.7 Å². The summed E-state index contributed by atoms with van der Waals surface area (Å²) in [5.74, 6) is 2.18. The molecule has 1 aromatic rings. The number of nitrogen functional groups attached to an aromatic ring is 1. The van der Waals surface area contributed by atoms with Gasteiger partial charge in [-0.25, -0.2) is 4.98 Å². The van der Waals surface area contributed by atoms with Crippen LogP contribution in [0.2, 0.25) is 0 Å². The first-order chi connectivity index (χ1) is 6.65. The Morgan fingerprint density at radius 2 is 2.07 bits per heavy atom. The largest absolute Gasteiger partial charge is 0.383 e. The maximum atomic E-state index is 5.63. The van der Waals surface area contributed by atoms with Crippen LogP contribution in [0.25, 0.3) is 0 Å². The molecule has 0 radical (unpaired) electrons. The molecule has 2 atom stereocenters. The van der Waals surface area contributed by atoms with E-state index >= 15 is 0 Å². The highest BCUT2D eigenvalue weighted by Crippen LogP contribution is 2.28. The van der Waals surface area contributed by atoms with Crippen LogP contribution in [0.15, 0.2) is 5.38 Å². The lowest BCUT2D eigenvalue weighted by Gasteiger charge is -2.34. The minimum absolute atomic E-state index is 0.649. The molecule has 1 fully saturated rings. The van der Waals surface area contributed by atoms with Crippen molar-refractivity contribution in [3.05, 3.63) is 5.38 Å². The lowest BCUT2D eigenvalue weighted by Crippen LogP contribution is -2.38. The molecule has 0 aromatic carbocycles. The van der Waals surface area contributed by atoms with Crippen LogP contribution in [-0.4, -0.2) is 18.1 Å². The number of nitrogens with two attached hydrogens (primary N) is 1.